The lowest BCUT2D eigenvalue weighted by Gasteiger charge is -2.15. The van der Waals surface area contributed by atoms with Crippen LogP contribution in [0, 0.1) is 25.2 Å². The Morgan fingerprint density at radius 1 is 0.775 bits per heavy atom. The molecular formula is C37H49N3. The van der Waals surface area contributed by atoms with E-state index in [-0.39, 0.29) is 0 Å². The van der Waals surface area contributed by atoms with E-state index >= 15 is 0 Å². The second-order valence-electron chi connectivity index (χ2n) is 9.67. The molecule has 40 heavy (non-hydrogen) atoms. The Hall–Kier alpha value is -3.77. The summed E-state index contributed by atoms with van der Waals surface area (Å²) in [4.78, 5) is 3.27. The normalized spacial score (nSPS) is 10.4. The van der Waals surface area contributed by atoms with Gasteiger partial charge in [-0.3, -0.25) is 0 Å². The summed E-state index contributed by atoms with van der Waals surface area (Å²) < 4.78 is 0. The van der Waals surface area contributed by atoms with E-state index in [9.17, 15) is 5.26 Å². The number of hydrogen-bond donors (Lipinski definition) is 2. The summed E-state index contributed by atoms with van der Waals surface area (Å²) >= 11 is 0. The van der Waals surface area contributed by atoms with Crippen molar-refractivity contribution in [1.29, 1.82) is 5.26 Å². The Morgan fingerprint density at radius 2 is 1.45 bits per heavy atom. The number of nitrogens with one attached hydrogen (secondary N) is 2. The zero-order chi connectivity index (χ0) is 29.3. The van der Waals surface area contributed by atoms with E-state index in [4.69, 9.17) is 0 Å². The largest absolute Gasteiger partial charge is 0.361 e. The average Bonchev–Trinajstić information content (AvgIpc) is 3.49. The summed E-state index contributed by atoms with van der Waals surface area (Å²) in [5, 5.41) is 14.6. The third-order valence-electron chi connectivity index (χ3n) is 7.21. The van der Waals surface area contributed by atoms with Crippen LogP contribution in [0.4, 0.5) is 11.4 Å². The molecule has 3 nitrogen and oxygen atoms in total. The van der Waals surface area contributed by atoms with Gasteiger partial charge in [-0.25, -0.2) is 0 Å². The van der Waals surface area contributed by atoms with Crippen LogP contribution >= 0.6 is 0 Å². The summed E-state index contributed by atoms with van der Waals surface area (Å²) in [5.74, 6) is 0. The van der Waals surface area contributed by atoms with E-state index in [1.807, 2.05) is 46.0 Å². The molecule has 0 bridgehead atoms. The van der Waals surface area contributed by atoms with E-state index < -0.39 is 0 Å². The second-order valence-corrected chi connectivity index (χ2v) is 9.67. The molecule has 0 saturated carbocycles. The van der Waals surface area contributed by atoms with Crippen LogP contribution in [0.5, 0.6) is 0 Å². The molecule has 0 radical (unpaired) electrons. The number of nitriles is 1. The molecule has 4 aromatic rings. The van der Waals surface area contributed by atoms with Crippen molar-refractivity contribution in [2.75, 3.05) is 5.32 Å². The van der Waals surface area contributed by atoms with Crippen LogP contribution in [0.3, 0.4) is 0 Å². The van der Waals surface area contributed by atoms with E-state index in [1.165, 1.54) is 60.6 Å². The molecule has 0 aliphatic carbocycles. The lowest BCUT2D eigenvalue weighted by molar-refractivity contribution is 0.607. The first kappa shape index (κ1) is 32.4. The van der Waals surface area contributed by atoms with Crippen molar-refractivity contribution in [1.82, 2.24) is 4.98 Å². The minimum atomic E-state index is 0.638. The fraction of sp³-hybridized carbons (Fsp3) is 0.378. The zero-order valence-corrected chi connectivity index (χ0v) is 25.8. The third kappa shape index (κ3) is 8.62. The molecule has 212 valence electrons. The number of aryl methyl sites for hydroxylation is 2. The van der Waals surface area contributed by atoms with Gasteiger partial charge in [0.1, 0.15) is 6.07 Å². The summed E-state index contributed by atoms with van der Waals surface area (Å²) in [6.45, 7) is 14.6. The lowest BCUT2D eigenvalue weighted by Crippen LogP contribution is -1.99. The number of para-hydroxylation sites is 1. The van der Waals surface area contributed by atoms with Gasteiger partial charge in [-0.2, -0.15) is 5.26 Å². The summed E-state index contributed by atoms with van der Waals surface area (Å²) in [6, 6.07) is 21.1. The van der Waals surface area contributed by atoms with Gasteiger partial charge in [0.25, 0.3) is 0 Å². The van der Waals surface area contributed by atoms with Gasteiger partial charge in [-0.15, -0.1) is 0 Å². The number of H-pyrrole nitrogens is 1. The van der Waals surface area contributed by atoms with E-state index in [0.29, 0.717) is 5.56 Å². The van der Waals surface area contributed by atoms with E-state index in [1.54, 1.807) is 0 Å². The Bertz CT molecular complexity index is 1380. The maximum atomic E-state index is 9.83. The summed E-state index contributed by atoms with van der Waals surface area (Å²) in [6.07, 6.45) is 15.3. The molecule has 2 N–H and O–H groups in total. The molecule has 4 rings (SSSR count). The number of rotatable bonds is 11. The van der Waals surface area contributed by atoms with Crippen LogP contribution < -0.4 is 5.32 Å². The van der Waals surface area contributed by atoms with Gasteiger partial charge < -0.3 is 10.3 Å². The molecule has 1 heterocycles. The van der Waals surface area contributed by atoms with Crippen LogP contribution in [0.25, 0.3) is 23.1 Å². The molecule has 0 atom stereocenters. The standard InChI is InChI=1S/C33H37N3.2C2H6/c1-4-5-6-7-8-9-12-26-13-10-14-27(24(26)2)17-18-28-15-11-16-29(23-34)33(28)36-31-19-20-32-30(25(31)3)21-22-35-32;2*1-2/h10-11,13-22,35-36H,4-9,12H2,1-3H3;2*1-2H3/b18-17+;;. The topological polar surface area (TPSA) is 51.6 Å². The molecule has 0 fully saturated rings. The number of aromatic nitrogens is 1. The van der Waals surface area contributed by atoms with Gasteiger partial charge >= 0.3 is 0 Å². The molecule has 0 saturated heterocycles. The Morgan fingerprint density at radius 3 is 2.20 bits per heavy atom. The highest BCUT2D eigenvalue weighted by atomic mass is 14.9. The molecule has 0 aliphatic heterocycles. The molecule has 0 unspecified atom stereocenters. The van der Waals surface area contributed by atoms with Gasteiger partial charge in [0.15, 0.2) is 0 Å². The summed E-state index contributed by atoms with van der Waals surface area (Å²) in [7, 11) is 0. The van der Waals surface area contributed by atoms with Crippen LogP contribution in [0.1, 0.15) is 107 Å². The quantitative estimate of drug-likeness (QED) is 0.148. The fourth-order valence-electron chi connectivity index (χ4n) is 4.93. The van der Waals surface area contributed by atoms with Crippen LogP contribution in [-0.4, -0.2) is 4.98 Å². The predicted molar refractivity (Wildman–Crippen MR) is 177 cm³/mol. The zero-order valence-electron chi connectivity index (χ0n) is 25.8. The van der Waals surface area contributed by atoms with Crippen molar-refractivity contribution < 1.29 is 0 Å². The number of hydrogen-bond acceptors (Lipinski definition) is 2. The first-order valence-corrected chi connectivity index (χ1v) is 15.3. The SMILES string of the molecule is CC.CC.CCCCCCCCc1cccc(/C=C/c2cccc(C#N)c2Nc2ccc3[nH]ccc3c2C)c1C. The highest BCUT2D eigenvalue weighted by Gasteiger charge is 2.11. The second kappa shape index (κ2) is 17.7. The van der Waals surface area contributed by atoms with Crippen molar-refractivity contribution in [3.8, 4) is 6.07 Å². The number of anilines is 2. The number of aromatic amines is 1. The molecule has 0 spiro atoms. The maximum absolute atomic E-state index is 9.83. The Labute approximate surface area is 243 Å². The molecular weight excluding hydrogens is 486 g/mol. The molecule has 3 heteroatoms. The number of unbranched alkanes of at least 4 members (excludes halogenated alkanes) is 5. The van der Waals surface area contributed by atoms with Crippen molar-refractivity contribution >= 4 is 34.4 Å². The average molecular weight is 536 g/mol. The van der Waals surface area contributed by atoms with E-state index in [2.05, 4.69) is 91.8 Å². The summed E-state index contributed by atoms with van der Waals surface area (Å²) in [5.41, 5.74) is 9.79. The highest BCUT2D eigenvalue weighted by molar-refractivity contribution is 5.90. The molecule has 0 aliphatic rings. The van der Waals surface area contributed by atoms with Crippen LogP contribution in [0.15, 0.2) is 60.8 Å². The van der Waals surface area contributed by atoms with Crippen molar-refractivity contribution in [2.24, 2.45) is 0 Å². The van der Waals surface area contributed by atoms with Crippen molar-refractivity contribution in [3.05, 3.63) is 94.2 Å². The monoisotopic (exact) mass is 535 g/mol. The number of benzene rings is 3. The first-order chi connectivity index (χ1) is 19.6. The van der Waals surface area contributed by atoms with E-state index in [0.717, 1.165) is 34.4 Å². The van der Waals surface area contributed by atoms with Crippen molar-refractivity contribution in [3.63, 3.8) is 0 Å². The van der Waals surface area contributed by atoms with Gasteiger partial charge in [0, 0.05) is 22.8 Å². The first-order valence-electron chi connectivity index (χ1n) is 15.3. The van der Waals surface area contributed by atoms with Gasteiger partial charge in [0.05, 0.1) is 11.3 Å². The fourth-order valence-corrected chi connectivity index (χ4v) is 4.93. The minimum absolute atomic E-state index is 0.638. The van der Waals surface area contributed by atoms with Gasteiger partial charge in [0.2, 0.25) is 0 Å². The smallest absolute Gasteiger partial charge is 0.101 e. The predicted octanol–water partition coefficient (Wildman–Crippen LogP) is 11.5. The van der Waals surface area contributed by atoms with Crippen molar-refractivity contribution in [2.45, 2.75) is 93.4 Å². The number of fused-ring (bicyclic) bond motifs is 1. The van der Waals surface area contributed by atoms with Gasteiger partial charge in [-0.05, 0) is 78.8 Å². The molecule has 0 amide bonds. The third-order valence-corrected chi connectivity index (χ3v) is 7.21. The van der Waals surface area contributed by atoms with Crippen LogP contribution in [0.2, 0.25) is 0 Å². The number of nitrogens with zero attached hydrogens (tertiary/aromatic N) is 1. The Kier molecular flexibility index (Phi) is 14.4. The Balaban J connectivity index is 0.00000134. The van der Waals surface area contributed by atoms with Crippen LogP contribution in [-0.2, 0) is 6.42 Å². The highest BCUT2D eigenvalue weighted by Crippen LogP contribution is 2.32. The maximum Gasteiger partial charge on any atom is 0.101 e. The lowest BCUT2D eigenvalue weighted by atomic mass is 9.96. The van der Waals surface area contributed by atoms with Gasteiger partial charge in [-0.1, -0.05) is 109 Å². The molecule has 3 aromatic carbocycles. The minimum Gasteiger partial charge on any atom is -0.361 e. The molecule has 1 aromatic heterocycles.